The molecule has 0 fully saturated rings. The quantitative estimate of drug-likeness (QED) is 0.335. The summed E-state index contributed by atoms with van der Waals surface area (Å²) in [4.78, 5) is 34.2. The third-order valence-corrected chi connectivity index (χ3v) is 5.72. The number of nitrogens with zero attached hydrogens (tertiary/aromatic N) is 3. The number of aliphatic hydroxyl groups is 1. The Bertz CT molecular complexity index is 1380. The maximum Gasteiger partial charge on any atom is 0.263 e. The van der Waals surface area contributed by atoms with Gasteiger partial charge in [-0.3, -0.25) is 19.1 Å². The van der Waals surface area contributed by atoms with Crippen LogP contribution in [0.15, 0.2) is 83.9 Å². The number of rotatable bonds is 9. The number of amides is 1. The van der Waals surface area contributed by atoms with E-state index in [1.54, 1.807) is 43.7 Å². The Labute approximate surface area is 207 Å². The topological polar surface area (TPSA) is 109 Å². The lowest BCUT2D eigenvalue weighted by atomic mass is 10.0. The molecule has 184 valence electrons. The van der Waals surface area contributed by atoms with Crippen LogP contribution in [-0.2, 0) is 18.3 Å². The van der Waals surface area contributed by atoms with E-state index >= 15 is 0 Å². The molecule has 1 atom stereocenters. The molecule has 2 heterocycles. The number of benzene rings is 2. The minimum atomic E-state index is -0.624. The van der Waals surface area contributed by atoms with Gasteiger partial charge in [-0.15, -0.1) is 0 Å². The normalized spacial score (nSPS) is 11.6. The Morgan fingerprint density at radius 3 is 2.39 bits per heavy atom. The van der Waals surface area contributed by atoms with Gasteiger partial charge in [-0.25, -0.2) is 9.37 Å². The molecule has 0 saturated carbocycles. The first-order valence-electron chi connectivity index (χ1n) is 11.4. The van der Waals surface area contributed by atoms with E-state index in [-0.39, 0.29) is 18.1 Å². The average Bonchev–Trinajstić information content (AvgIpc) is 2.91. The first kappa shape index (κ1) is 24.7. The Hall–Kier alpha value is -4.37. The van der Waals surface area contributed by atoms with E-state index < -0.39 is 18.3 Å². The standard InChI is InChI=1S/C27H26FN5O3/c1-33-26(36)24(19-7-9-21(28)10-8-19)25(20-11-13-29-14-12-20)32-27(33)30-16-22(31-23(35)17-34)15-18-5-3-2-4-6-18/h2-14,22,34H,15-17H2,1H3,(H,30,32)(H,31,35)/t22-/m0/s1. The molecule has 8 nitrogen and oxygen atoms in total. The van der Waals surface area contributed by atoms with Gasteiger partial charge in [-0.1, -0.05) is 42.5 Å². The fourth-order valence-electron chi connectivity index (χ4n) is 3.92. The van der Waals surface area contributed by atoms with Crippen molar-refractivity contribution < 1.29 is 14.3 Å². The zero-order valence-electron chi connectivity index (χ0n) is 19.7. The summed E-state index contributed by atoms with van der Waals surface area (Å²) in [5.74, 6) is -0.598. The third-order valence-electron chi connectivity index (χ3n) is 5.72. The second-order valence-electron chi connectivity index (χ2n) is 8.26. The van der Waals surface area contributed by atoms with Gasteiger partial charge in [0.05, 0.1) is 17.3 Å². The van der Waals surface area contributed by atoms with Crippen molar-refractivity contribution >= 4 is 11.9 Å². The minimum Gasteiger partial charge on any atom is -0.387 e. The zero-order valence-corrected chi connectivity index (χ0v) is 19.7. The van der Waals surface area contributed by atoms with Crippen LogP contribution in [-0.4, -0.2) is 44.7 Å². The molecule has 2 aromatic carbocycles. The average molecular weight is 488 g/mol. The summed E-state index contributed by atoms with van der Waals surface area (Å²) in [5, 5.41) is 15.2. The molecule has 0 aliphatic carbocycles. The molecule has 0 aliphatic rings. The minimum absolute atomic E-state index is 0.257. The summed E-state index contributed by atoms with van der Waals surface area (Å²) in [6, 6.07) is 18.5. The third kappa shape index (κ3) is 5.81. The summed E-state index contributed by atoms with van der Waals surface area (Å²) in [6.07, 6.45) is 3.73. The van der Waals surface area contributed by atoms with Crippen LogP contribution in [0.1, 0.15) is 5.56 Å². The summed E-state index contributed by atoms with van der Waals surface area (Å²) in [6.45, 7) is -0.368. The van der Waals surface area contributed by atoms with Crippen molar-refractivity contribution in [3.8, 4) is 22.4 Å². The highest BCUT2D eigenvalue weighted by atomic mass is 19.1. The first-order chi connectivity index (χ1) is 17.5. The van der Waals surface area contributed by atoms with Gasteiger partial charge in [0, 0.05) is 31.5 Å². The fraction of sp³-hybridized carbons (Fsp3) is 0.185. The van der Waals surface area contributed by atoms with Gasteiger partial charge < -0.3 is 15.7 Å². The summed E-state index contributed by atoms with van der Waals surface area (Å²) < 4.78 is 14.9. The second kappa shape index (κ2) is 11.4. The van der Waals surface area contributed by atoms with Crippen molar-refractivity contribution in [1.82, 2.24) is 19.9 Å². The van der Waals surface area contributed by atoms with Crippen LogP contribution in [0.2, 0.25) is 0 Å². The van der Waals surface area contributed by atoms with Crippen LogP contribution < -0.4 is 16.2 Å². The van der Waals surface area contributed by atoms with Crippen LogP contribution in [0.4, 0.5) is 10.3 Å². The number of carbonyl (C=O) groups is 1. The van der Waals surface area contributed by atoms with Crippen LogP contribution in [0.5, 0.6) is 0 Å². The lowest BCUT2D eigenvalue weighted by Crippen LogP contribution is -2.43. The van der Waals surface area contributed by atoms with E-state index in [0.717, 1.165) is 5.56 Å². The van der Waals surface area contributed by atoms with Crippen LogP contribution in [0.25, 0.3) is 22.4 Å². The number of hydrogen-bond acceptors (Lipinski definition) is 6. The Morgan fingerprint density at radius 2 is 1.72 bits per heavy atom. The van der Waals surface area contributed by atoms with E-state index in [0.29, 0.717) is 34.8 Å². The lowest BCUT2D eigenvalue weighted by Gasteiger charge is -2.21. The molecular weight excluding hydrogens is 461 g/mol. The van der Waals surface area contributed by atoms with Gasteiger partial charge in [-0.05, 0) is 41.8 Å². The largest absolute Gasteiger partial charge is 0.387 e. The van der Waals surface area contributed by atoms with Gasteiger partial charge in [0.1, 0.15) is 12.4 Å². The molecule has 4 rings (SSSR count). The molecule has 4 aromatic rings. The highest BCUT2D eigenvalue weighted by Crippen LogP contribution is 2.28. The highest BCUT2D eigenvalue weighted by Gasteiger charge is 2.20. The maximum absolute atomic E-state index is 13.6. The molecule has 36 heavy (non-hydrogen) atoms. The molecule has 2 aromatic heterocycles. The van der Waals surface area contributed by atoms with Crippen LogP contribution >= 0.6 is 0 Å². The SMILES string of the molecule is Cn1c(NC[C@H](Cc2ccccc2)NC(=O)CO)nc(-c2ccncc2)c(-c2ccc(F)cc2)c1=O. The molecule has 0 unspecified atom stereocenters. The Kier molecular flexibility index (Phi) is 7.82. The number of hydrogen-bond donors (Lipinski definition) is 3. The molecule has 1 amide bonds. The number of halogens is 1. The number of aromatic nitrogens is 3. The van der Waals surface area contributed by atoms with Gasteiger partial charge in [0.15, 0.2) is 0 Å². The van der Waals surface area contributed by atoms with Crippen molar-refractivity contribution in [3.05, 3.63) is 101 Å². The molecule has 0 spiro atoms. The number of carbonyl (C=O) groups excluding carboxylic acids is 1. The maximum atomic E-state index is 13.6. The number of pyridine rings is 1. The van der Waals surface area contributed by atoms with Crippen molar-refractivity contribution in [1.29, 1.82) is 0 Å². The molecule has 0 bridgehead atoms. The zero-order chi connectivity index (χ0) is 25.5. The Morgan fingerprint density at radius 1 is 1.03 bits per heavy atom. The van der Waals surface area contributed by atoms with E-state index in [1.807, 2.05) is 30.3 Å². The van der Waals surface area contributed by atoms with Gasteiger partial charge in [-0.2, -0.15) is 0 Å². The monoisotopic (exact) mass is 487 g/mol. The predicted molar refractivity (Wildman–Crippen MR) is 136 cm³/mol. The second-order valence-corrected chi connectivity index (χ2v) is 8.26. The van der Waals surface area contributed by atoms with E-state index in [9.17, 15) is 19.1 Å². The molecule has 9 heteroatoms. The number of aliphatic hydroxyl groups excluding tert-OH is 1. The van der Waals surface area contributed by atoms with Gasteiger partial charge >= 0.3 is 0 Å². The lowest BCUT2D eigenvalue weighted by molar-refractivity contribution is -0.124. The van der Waals surface area contributed by atoms with E-state index in [2.05, 4.69) is 15.6 Å². The smallest absolute Gasteiger partial charge is 0.263 e. The van der Waals surface area contributed by atoms with Gasteiger partial charge in [0.25, 0.3) is 5.56 Å². The van der Waals surface area contributed by atoms with Crippen molar-refractivity contribution in [2.24, 2.45) is 7.05 Å². The molecule has 0 aliphatic heterocycles. The fourth-order valence-corrected chi connectivity index (χ4v) is 3.92. The number of anilines is 1. The predicted octanol–water partition coefficient (Wildman–Crippen LogP) is 2.78. The van der Waals surface area contributed by atoms with Gasteiger partial charge in [0.2, 0.25) is 11.9 Å². The van der Waals surface area contributed by atoms with E-state index in [4.69, 9.17) is 4.98 Å². The summed E-state index contributed by atoms with van der Waals surface area (Å²) >= 11 is 0. The van der Waals surface area contributed by atoms with Crippen molar-refractivity contribution in [2.45, 2.75) is 12.5 Å². The van der Waals surface area contributed by atoms with Crippen LogP contribution in [0, 0.1) is 5.82 Å². The first-order valence-corrected chi connectivity index (χ1v) is 11.4. The Balaban J connectivity index is 1.70. The van der Waals surface area contributed by atoms with Crippen molar-refractivity contribution in [3.63, 3.8) is 0 Å². The van der Waals surface area contributed by atoms with Crippen LogP contribution in [0.3, 0.4) is 0 Å². The summed E-state index contributed by atoms with van der Waals surface area (Å²) in [7, 11) is 1.60. The van der Waals surface area contributed by atoms with Crippen molar-refractivity contribution in [2.75, 3.05) is 18.5 Å². The van der Waals surface area contributed by atoms with E-state index in [1.165, 1.54) is 16.7 Å². The summed E-state index contributed by atoms with van der Waals surface area (Å²) in [5.41, 5.74) is 2.68. The molecule has 0 saturated heterocycles. The highest BCUT2D eigenvalue weighted by molar-refractivity contribution is 5.81. The molecule has 0 radical (unpaired) electrons. The molecular formula is C27H26FN5O3. The number of nitrogens with one attached hydrogen (secondary N) is 2. The molecule has 3 N–H and O–H groups in total.